The fourth-order valence-electron chi connectivity index (χ4n) is 1.26. The molecule has 0 amide bonds. The molecule has 0 radical (unpaired) electrons. The molecule has 3 heteroatoms. The number of likely N-dealkylation sites (N-methyl/N-ethyl adjacent to an activating group) is 1. The molecule has 0 saturated heterocycles. The molecule has 2 aliphatic rings. The van der Waals surface area contributed by atoms with Gasteiger partial charge in [-0.1, -0.05) is 0 Å². The Morgan fingerprint density at radius 2 is 2.40 bits per heavy atom. The topological polar surface area (TPSA) is 32.7 Å². The van der Waals surface area contributed by atoms with Gasteiger partial charge in [-0.25, -0.2) is 0 Å². The van der Waals surface area contributed by atoms with Crippen molar-refractivity contribution in [2.45, 2.75) is 24.7 Å². The van der Waals surface area contributed by atoms with E-state index < -0.39 is 5.60 Å². The molecule has 10 heavy (non-hydrogen) atoms. The molecule has 1 aliphatic heterocycles. The molecule has 3 nitrogen and oxygen atoms in total. The first kappa shape index (κ1) is 6.04. The van der Waals surface area contributed by atoms with E-state index in [0.29, 0.717) is 0 Å². The van der Waals surface area contributed by atoms with Crippen LogP contribution in [0.25, 0.3) is 0 Å². The number of rotatable bonds is 1. The molecule has 0 spiro atoms. The molecule has 1 N–H and O–H groups in total. The van der Waals surface area contributed by atoms with Gasteiger partial charge < -0.3 is 14.7 Å². The van der Waals surface area contributed by atoms with Crippen molar-refractivity contribution < 1.29 is 9.84 Å². The maximum Gasteiger partial charge on any atom is 0.199 e. The van der Waals surface area contributed by atoms with E-state index in [1.165, 1.54) is 0 Å². The smallest absolute Gasteiger partial charge is 0.199 e. The number of nitrogens with zero attached hydrogens (tertiary/aromatic N) is 1. The zero-order chi connectivity index (χ0) is 7.19. The second-order valence-electron chi connectivity index (χ2n) is 3.04. The number of aliphatic hydroxyl groups is 1. The van der Waals surface area contributed by atoms with Crippen LogP contribution >= 0.6 is 0 Å². The average molecular weight is 141 g/mol. The molecule has 0 aromatic heterocycles. The molecule has 1 fully saturated rings. The summed E-state index contributed by atoms with van der Waals surface area (Å²) in [6.07, 6.45) is 5.06. The van der Waals surface area contributed by atoms with Gasteiger partial charge in [-0.05, 0) is 12.8 Å². The standard InChI is InChI=1S/C7H11NO2/c1-8-4-5-10-6(8)7(9)2-3-7/h4-6,9H,2-3H2,1H3. The van der Waals surface area contributed by atoms with Gasteiger partial charge in [0, 0.05) is 13.2 Å². The minimum Gasteiger partial charge on any atom is -0.474 e. The first-order chi connectivity index (χ1) is 4.72. The van der Waals surface area contributed by atoms with Gasteiger partial charge in [0.25, 0.3) is 0 Å². The highest BCUT2D eigenvalue weighted by atomic mass is 16.5. The Morgan fingerprint density at radius 3 is 2.80 bits per heavy atom. The first-order valence-electron chi connectivity index (χ1n) is 3.49. The van der Waals surface area contributed by atoms with Crippen molar-refractivity contribution in [1.82, 2.24) is 4.90 Å². The maximum absolute atomic E-state index is 9.59. The van der Waals surface area contributed by atoms with Gasteiger partial charge in [0.15, 0.2) is 6.23 Å². The van der Waals surface area contributed by atoms with Gasteiger partial charge in [0.05, 0.1) is 0 Å². The summed E-state index contributed by atoms with van der Waals surface area (Å²) in [4.78, 5) is 1.90. The second-order valence-corrected chi connectivity index (χ2v) is 3.04. The molecule has 2 rings (SSSR count). The highest BCUT2D eigenvalue weighted by Crippen LogP contribution is 2.42. The highest BCUT2D eigenvalue weighted by Gasteiger charge is 2.51. The minimum atomic E-state index is -0.557. The fraction of sp³-hybridized carbons (Fsp3) is 0.714. The van der Waals surface area contributed by atoms with Crippen LogP contribution in [0.15, 0.2) is 12.5 Å². The van der Waals surface area contributed by atoms with Gasteiger partial charge >= 0.3 is 0 Å². The van der Waals surface area contributed by atoms with E-state index in [2.05, 4.69) is 0 Å². The maximum atomic E-state index is 9.59. The predicted octanol–water partition coefficient (Wildman–Crippen LogP) is 0.271. The number of ether oxygens (including phenoxy) is 1. The summed E-state index contributed by atoms with van der Waals surface area (Å²) in [5, 5.41) is 9.59. The van der Waals surface area contributed by atoms with Gasteiger partial charge in [-0.15, -0.1) is 0 Å². The van der Waals surface area contributed by atoms with Crippen molar-refractivity contribution in [2.24, 2.45) is 0 Å². The van der Waals surface area contributed by atoms with E-state index in [1.807, 2.05) is 18.1 Å². The molecular weight excluding hydrogens is 130 g/mol. The van der Waals surface area contributed by atoms with Gasteiger partial charge in [-0.3, -0.25) is 0 Å². The Kier molecular flexibility index (Phi) is 1.01. The predicted molar refractivity (Wildman–Crippen MR) is 36.0 cm³/mol. The van der Waals surface area contributed by atoms with Crippen LogP contribution in [0.3, 0.4) is 0 Å². The molecule has 1 aliphatic carbocycles. The lowest BCUT2D eigenvalue weighted by atomic mass is 10.3. The minimum absolute atomic E-state index is 0.132. The van der Waals surface area contributed by atoms with E-state index in [9.17, 15) is 5.11 Å². The SMILES string of the molecule is CN1C=COC1C1(O)CC1. The van der Waals surface area contributed by atoms with E-state index in [0.717, 1.165) is 12.8 Å². The lowest BCUT2D eigenvalue weighted by Gasteiger charge is -2.24. The van der Waals surface area contributed by atoms with E-state index in [4.69, 9.17) is 4.74 Å². The van der Waals surface area contributed by atoms with Gasteiger partial charge in [-0.2, -0.15) is 0 Å². The third-order valence-electron chi connectivity index (χ3n) is 2.10. The van der Waals surface area contributed by atoms with Crippen LogP contribution in [0.1, 0.15) is 12.8 Å². The summed E-state index contributed by atoms with van der Waals surface area (Å²) in [6, 6.07) is 0. The van der Waals surface area contributed by atoms with Gasteiger partial charge in [0.2, 0.25) is 0 Å². The van der Waals surface area contributed by atoms with Crippen LogP contribution in [0, 0.1) is 0 Å². The number of hydrogen-bond donors (Lipinski definition) is 1. The molecule has 1 heterocycles. The first-order valence-corrected chi connectivity index (χ1v) is 3.49. The van der Waals surface area contributed by atoms with Crippen LogP contribution < -0.4 is 0 Å². The van der Waals surface area contributed by atoms with Crippen LogP contribution in [-0.4, -0.2) is 28.9 Å². The summed E-state index contributed by atoms with van der Waals surface area (Å²) in [6.45, 7) is 0. The molecule has 1 unspecified atom stereocenters. The Hall–Kier alpha value is -0.700. The zero-order valence-electron chi connectivity index (χ0n) is 5.95. The van der Waals surface area contributed by atoms with Crippen molar-refractivity contribution in [2.75, 3.05) is 7.05 Å². The van der Waals surface area contributed by atoms with Crippen molar-refractivity contribution >= 4 is 0 Å². The van der Waals surface area contributed by atoms with E-state index in [-0.39, 0.29) is 6.23 Å². The molecular formula is C7H11NO2. The third-order valence-corrected chi connectivity index (χ3v) is 2.10. The summed E-state index contributed by atoms with van der Waals surface area (Å²) in [7, 11) is 1.91. The summed E-state index contributed by atoms with van der Waals surface area (Å²) in [5.74, 6) is 0. The fourth-order valence-corrected chi connectivity index (χ4v) is 1.26. The van der Waals surface area contributed by atoms with E-state index in [1.54, 1.807) is 6.26 Å². The molecule has 1 atom stereocenters. The largest absolute Gasteiger partial charge is 0.474 e. The summed E-state index contributed by atoms with van der Waals surface area (Å²) < 4.78 is 5.19. The molecule has 0 aromatic carbocycles. The zero-order valence-corrected chi connectivity index (χ0v) is 5.95. The van der Waals surface area contributed by atoms with E-state index >= 15 is 0 Å². The lowest BCUT2D eigenvalue weighted by Crippen LogP contribution is -2.38. The highest BCUT2D eigenvalue weighted by molar-refractivity contribution is 5.04. The Bertz CT molecular complexity index is 174. The normalized spacial score (nSPS) is 34.2. The van der Waals surface area contributed by atoms with Crippen LogP contribution in [0.5, 0.6) is 0 Å². The molecule has 0 aromatic rings. The average Bonchev–Trinajstić information content (AvgIpc) is 2.44. The van der Waals surface area contributed by atoms with Crippen LogP contribution in [0.2, 0.25) is 0 Å². The lowest BCUT2D eigenvalue weighted by molar-refractivity contribution is -0.0566. The van der Waals surface area contributed by atoms with Crippen molar-refractivity contribution in [3.05, 3.63) is 12.5 Å². The monoisotopic (exact) mass is 141 g/mol. The Morgan fingerprint density at radius 1 is 1.70 bits per heavy atom. The third kappa shape index (κ3) is 0.703. The molecule has 1 saturated carbocycles. The quantitative estimate of drug-likeness (QED) is 0.569. The molecule has 56 valence electrons. The Labute approximate surface area is 59.9 Å². The molecule has 0 bridgehead atoms. The van der Waals surface area contributed by atoms with Crippen molar-refractivity contribution in [1.29, 1.82) is 0 Å². The van der Waals surface area contributed by atoms with Crippen LogP contribution in [-0.2, 0) is 4.74 Å². The second kappa shape index (κ2) is 1.66. The summed E-state index contributed by atoms with van der Waals surface area (Å²) in [5.41, 5.74) is -0.557. The van der Waals surface area contributed by atoms with Crippen molar-refractivity contribution in [3.63, 3.8) is 0 Å². The Balaban J connectivity index is 2.06. The number of hydrogen-bond acceptors (Lipinski definition) is 3. The van der Waals surface area contributed by atoms with Crippen LogP contribution in [0.4, 0.5) is 0 Å². The van der Waals surface area contributed by atoms with Crippen molar-refractivity contribution in [3.8, 4) is 0 Å². The summed E-state index contributed by atoms with van der Waals surface area (Å²) >= 11 is 0. The van der Waals surface area contributed by atoms with Gasteiger partial charge in [0.1, 0.15) is 11.9 Å².